The molecule has 7 nitrogen and oxygen atoms in total. The maximum absolute atomic E-state index is 13.4. The zero-order valence-corrected chi connectivity index (χ0v) is 20.5. The Bertz CT molecular complexity index is 1340. The molecule has 11 heteroatoms. The van der Waals surface area contributed by atoms with Crippen LogP contribution >= 0.6 is 23.2 Å². The molecule has 36 heavy (non-hydrogen) atoms. The molecule has 1 N–H and O–H groups in total. The number of hydrazine groups is 1. The summed E-state index contributed by atoms with van der Waals surface area (Å²) in [7, 11) is 0. The van der Waals surface area contributed by atoms with Crippen molar-refractivity contribution in [2.45, 2.75) is 32.5 Å². The van der Waals surface area contributed by atoms with Crippen molar-refractivity contribution < 1.29 is 23.0 Å². The summed E-state index contributed by atoms with van der Waals surface area (Å²) in [5.41, 5.74) is 5.50. The van der Waals surface area contributed by atoms with Gasteiger partial charge in [0.2, 0.25) is 0 Å². The first kappa shape index (κ1) is 23.5. The van der Waals surface area contributed by atoms with Crippen LogP contribution in [0.2, 0.25) is 10.0 Å². The van der Waals surface area contributed by atoms with Crippen LogP contribution in [0.4, 0.5) is 8.78 Å². The summed E-state index contributed by atoms with van der Waals surface area (Å²) >= 11 is 12.6. The van der Waals surface area contributed by atoms with Crippen molar-refractivity contribution in [2.75, 3.05) is 13.1 Å². The fourth-order valence-electron chi connectivity index (χ4n) is 5.54. The highest BCUT2D eigenvalue weighted by Crippen LogP contribution is 2.43. The van der Waals surface area contributed by atoms with Gasteiger partial charge in [0.1, 0.15) is 18.1 Å². The summed E-state index contributed by atoms with van der Waals surface area (Å²) in [5, 5.41) is 7.43. The summed E-state index contributed by atoms with van der Waals surface area (Å²) in [6.07, 6.45) is 3.63. The molecule has 1 saturated heterocycles. The number of amides is 1. The predicted octanol–water partition coefficient (Wildman–Crippen LogP) is 5.72. The summed E-state index contributed by atoms with van der Waals surface area (Å²) in [4.78, 5) is 13.4. The number of carbonyl (C=O) groups excluding carboxylic acids is 1. The number of hydrogen-bond acceptors (Lipinski definition) is 5. The number of nitrogens with one attached hydrogen (secondary N) is 1. The minimum Gasteiger partial charge on any atom is -0.488 e. The minimum atomic E-state index is -2.96. The van der Waals surface area contributed by atoms with Gasteiger partial charge in [0.25, 0.3) is 5.91 Å². The molecule has 2 aromatic carbocycles. The second-order valence-corrected chi connectivity index (χ2v) is 10.1. The Hall–Kier alpha value is -2.88. The van der Waals surface area contributed by atoms with Gasteiger partial charge in [-0.25, -0.2) is 9.69 Å². The largest absolute Gasteiger partial charge is 0.488 e. The lowest BCUT2D eigenvalue weighted by Crippen LogP contribution is -2.41. The molecular formula is C25H22Cl2F2N4O3. The van der Waals surface area contributed by atoms with E-state index in [1.165, 1.54) is 31.4 Å². The summed E-state index contributed by atoms with van der Waals surface area (Å²) in [6.45, 7) is -1.27. The highest BCUT2D eigenvalue weighted by molar-refractivity contribution is 6.35. The highest BCUT2D eigenvalue weighted by Gasteiger charge is 2.38. The molecule has 3 aromatic rings. The van der Waals surface area contributed by atoms with Crippen LogP contribution in [0.15, 0.2) is 36.4 Å². The molecule has 1 aromatic heterocycles. The van der Waals surface area contributed by atoms with E-state index in [0.717, 1.165) is 13.1 Å². The van der Waals surface area contributed by atoms with E-state index in [1.807, 2.05) is 5.01 Å². The molecule has 3 heterocycles. The zero-order chi connectivity index (χ0) is 25.0. The van der Waals surface area contributed by atoms with Gasteiger partial charge in [0, 0.05) is 35.3 Å². The molecule has 2 aliphatic heterocycles. The van der Waals surface area contributed by atoms with E-state index in [1.54, 1.807) is 28.9 Å². The number of ether oxygens (including phenoxy) is 2. The second-order valence-electron chi connectivity index (χ2n) is 9.31. The van der Waals surface area contributed by atoms with Crippen LogP contribution in [0, 0.1) is 11.8 Å². The standard InChI is InChI=1S/C25H22Cl2F2N4O3/c26-15-4-7-20(19(27)8-15)33-23-17-6-5-16(36-25(28)29)9-21(17)35-12-18(23)22(30-33)24(34)31-32-10-13-2-1-3-14(13)11-32/h4-9,13-14,25H,1-3,10-12H2,(H,31,34). The molecule has 6 rings (SSSR count). The van der Waals surface area contributed by atoms with Crippen LogP contribution in [0.25, 0.3) is 16.9 Å². The minimum absolute atomic E-state index is 0.0275. The molecule has 2 unspecified atom stereocenters. The number of benzene rings is 2. The number of rotatable bonds is 5. The normalized spacial score (nSPS) is 20.6. The van der Waals surface area contributed by atoms with Crippen molar-refractivity contribution in [1.82, 2.24) is 20.2 Å². The molecule has 0 bridgehead atoms. The molecule has 188 valence electrons. The fourth-order valence-corrected chi connectivity index (χ4v) is 6.03. The van der Waals surface area contributed by atoms with Crippen molar-refractivity contribution in [3.63, 3.8) is 0 Å². The Balaban J connectivity index is 1.40. The molecule has 3 aliphatic rings. The lowest BCUT2D eigenvalue weighted by atomic mass is 10.0. The van der Waals surface area contributed by atoms with Crippen LogP contribution in [-0.4, -0.2) is 40.4 Å². The van der Waals surface area contributed by atoms with Gasteiger partial charge in [-0.05, 0) is 55.0 Å². The Kier molecular flexibility index (Phi) is 6.02. The number of nitrogens with zero attached hydrogens (tertiary/aromatic N) is 3. The van der Waals surface area contributed by atoms with Gasteiger partial charge in [-0.15, -0.1) is 0 Å². The number of alkyl halides is 2. The van der Waals surface area contributed by atoms with Crippen molar-refractivity contribution in [2.24, 2.45) is 11.8 Å². The van der Waals surface area contributed by atoms with E-state index in [2.05, 4.69) is 15.3 Å². The number of carbonyl (C=O) groups is 1. The van der Waals surface area contributed by atoms with E-state index in [0.29, 0.717) is 50.1 Å². The van der Waals surface area contributed by atoms with Crippen LogP contribution < -0.4 is 14.9 Å². The van der Waals surface area contributed by atoms with E-state index < -0.39 is 6.61 Å². The van der Waals surface area contributed by atoms with Gasteiger partial charge in [0.05, 0.1) is 16.4 Å². The molecule has 1 aliphatic carbocycles. The monoisotopic (exact) mass is 534 g/mol. The average molecular weight is 535 g/mol. The highest BCUT2D eigenvalue weighted by atomic mass is 35.5. The molecule has 2 atom stereocenters. The van der Waals surface area contributed by atoms with Gasteiger partial charge < -0.3 is 9.47 Å². The van der Waals surface area contributed by atoms with E-state index in [9.17, 15) is 13.6 Å². The first-order valence-corrected chi connectivity index (χ1v) is 12.5. The van der Waals surface area contributed by atoms with E-state index in [4.69, 9.17) is 27.9 Å². The van der Waals surface area contributed by atoms with Gasteiger partial charge in [-0.1, -0.05) is 29.6 Å². The average Bonchev–Trinajstić information content (AvgIpc) is 3.52. The molecule has 2 fully saturated rings. The van der Waals surface area contributed by atoms with E-state index in [-0.39, 0.29) is 24.0 Å². The maximum atomic E-state index is 13.4. The smallest absolute Gasteiger partial charge is 0.387 e. The lowest BCUT2D eigenvalue weighted by Gasteiger charge is -2.21. The Morgan fingerprint density at radius 1 is 1.14 bits per heavy atom. The number of halogens is 4. The molecule has 0 radical (unpaired) electrons. The van der Waals surface area contributed by atoms with Crippen LogP contribution in [-0.2, 0) is 6.61 Å². The Labute approximate surface area is 215 Å². The van der Waals surface area contributed by atoms with Gasteiger partial charge in [-0.2, -0.15) is 13.9 Å². The lowest BCUT2D eigenvalue weighted by molar-refractivity contribution is -0.0499. The summed E-state index contributed by atoms with van der Waals surface area (Å²) in [5.74, 6) is 1.21. The Morgan fingerprint density at radius 3 is 2.64 bits per heavy atom. The number of fused-ring (bicyclic) bond motifs is 4. The summed E-state index contributed by atoms with van der Waals surface area (Å²) in [6, 6.07) is 9.41. The first-order chi connectivity index (χ1) is 17.4. The Morgan fingerprint density at radius 2 is 1.92 bits per heavy atom. The van der Waals surface area contributed by atoms with Crippen LogP contribution in [0.5, 0.6) is 11.5 Å². The third kappa shape index (κ3) is 4.19. The van der Waals surface area contributed by atoms with Crippen molar-refractivity contribution in [3.8, 4) is 28.4 Å². The summed E-state index contributed by atoms with van der Waals surface area (Å²) < 4.78 is 37.4. The van der Waals surface area contributed by atoms with Crippen molar-refractivity contribution in [1.29, 1.82) is 0 Å². The fraction of sp³-hybridized carbons (Fsp3) is 0.360. The third-order valence-electron chi connectivity index (χ3n) is 7.13. The molecule has 1 amide bonds. The molecule has 0 spiro atoms. The topological polar surface area (TPSA) is 68.6 Å². The number of hydrogen-bond donors (Lipinski definition) is 1. The SMILES string of the molecule is O=C(NN1CC2CCCC2C1)c1nn(-c2ccc(Cl)cc2Cl)c2c1COc1cc(OC(F)F)ccc1-2. The predicted molar refractivity (Wildman–Crippen MR) is 130 cm³/mol. The van der Waals surface area contributed by atoms with Crippen molar-refractivity contribution in [3.05, 3.63) is 57.7 Å². The number of aromatic nitrogens is 2. The molecule has 1 saturated carbocycles. The quantitative estimate of drug-likeness (QED) is 0.453. The van der Waals surface area contributed by atoms with Crippen LogP contribution in [0.3, 0.4) is 0 Å². The maximum Gasteiger partial charge on any atom is 0.387 e. The molecular weight excluding hydrogens is 513 g/mol. The third-order valence-corrected chi connectivity index (χ3v) is 7.67. The second kappa shape index (κ2) is 9.21. The van der Waals surface area contributed by atoms with Crippen LogP contribution in [0.1, 0.15) is 35.3 Å². The zero-order valence-electron chi connectivity index (χ0n) is 19.0. The van der Waals surface area contributed by atoms with Gasteiger partial charge >= 0.3 is 6.61 Å². The van der Waals surface area contributed by atoms with Crippen molar-refractivity contribution >= 4 is 29.1 Å². The van der Waals surface area contributed by atoms with Gasteiger partial charge in [-0.3, -0.25) is 10.2 Å². The first-order valence-electron chi connectivity index (χ1n) is 11.7. The van der Waals surface area contributed by atoms with Gasteiger partial charge in [0.15, 0.2) is 5.69 Å². The van der Waals surface area contributed by atoms with E-state index >= 15 is 0 Å².